The van der Waals surface area contributed by atoms with Crippen molar-refractivity contribution >= 4 is 41.5 Å². The molecule has 0 aliphatic carbocycles. The maximum absolute atomic E-state index is 12.8. The maximum atomic E-state index is 12.8. The Kier molecular flexibility index (Phi) is 7.32. The molecule has 1 aliphatic rings. The van der Waals surface area contributed by atoms with Gasteiger partial charge in [-0.2, -0.15) is 0 Å². The second kappa shape index (κ2) is 9.47. The van der Waals surface area contributed by atoms with E-state index < -0.39 is 5.91 Å². The molecule has 0 atom stereocenters. The Balaban J connectivity index is 0.00000243. The van der Waals surface area contributed by atoms with Crippen LogP contribution in [0, 0.1) is 0 Å². The molecule has 1 aromatic heterocycles. The first-order chi connectivity index (χ1) is 12.1. The van der Waals surface area contributed by atoms with E-state index in [1.54, 1.807) is 29.2 Å². The predicted octanol–water partition coefficient (Wildman–Crippen LogP) is 2.24. The van der Waals surface area contributed by atoms with Crippen LogP contribution in [0.1, 0.15) is 27.4 Å². The summed E-state index contributed by atoms with van der Waals surface area (Å²) in [7, 11) is 0. The van der Waals surface area contributed by atoms with Crippen LogP contribution >= 0.6 is 24.0 Å². The van der Waals surface area contributed by atoms with Gasteiger partial charge in [-0.1, -0.05) is 11.6 Å². The Bertz CT molecular complexity index is 762. The highest BCUT2D eigenvalue weighted by Gasteiger charge is 2.25. The van der Waals surface area contributed by atoms with Gasteiger partial charge in [-0.25, -0.2) is 9.97 Å². The van der Waals surface area contributed by atoms with Gasteiger partial charge in [-0.3, -0.25) is 9.59 Å². The van der Waals surface area contributed by atoms with Crippen molar-refractivity contribution in [1.82, 2.24) is 20.2 Å². The Labute approximate surface area is 162 Å². The van der Waals surface area contributed by atoms with Crippen LogP contribution in [0.3, 0.4) is 0 Å². The molecule has 0 spiro atoms. The second-order valence-electron chi connectivity index (χ2n) is 5.61. The number of carbonyl (C=O) groups excluding carboxylic acids is 2. The third-order valence-corrected chi connectivity index (χ3v) is 4.10. The Morgan fingerprint density at radius 3 is 2.46 bits per heavy atom. The van der Waals surface area contributed by atoms with E-state index in [4.69, 9.17) is 11.6 Å². The summed E-state index contributed by atoms with van der Waals surface area (Å²) < 4.78 is 0. The standard InChI is InChI=1S/C17H18ClN5O2.ClH/c18-12-2-4-13(5-3-12)22-16(24)14-15(21-8-7-20-14)17(25)23-10-1-6-19-9-11-23;/h2-5,7-8,19H,1,6,9-11H2,(H,22,24);1H. The van der Waals surface area contributed by atoms with Gasteiger partial charge in [0.05, 0.1) is 0 Å². The highest BCUT2D eigenvalue weighted by Crippen LogP contribution is 2.15. The van der Waals surface area contributed by atoms with Crippen LogP contribution in [0.15, 0.2) is 36.7 Å². The van der Waals surface area contributed by atoms with Crippen molar-refractivity contribution in [1.29, 1.82) is 0 Å². The number of carbonyl (C=O) groups is 2. The van der Waals surface area contributed by atoms with Gasteiger partial charge in [0.1, 0.15) is 0 Å². The molecule has 1 aromatic carbocycles. The predicted molar refractivity (Wildman–Crippen MR) is 102 cm³/mol. The van der Waals surface area contributed by atoms with E-state index in [-0.39, 0.29) is 29.7 Å². The fraction of sp³-hybridized carbons (Fsp3) is 0.294. The molecule has 2 amide bonds. The van der Waals surface area contributed by atoms with Gasteiger partial charge in [0.25, 0.3) is 11.8 Å². The molecular formula is C17H19Cl2N5O2. The fourth-order valence-electron chi connectivity index (χ4n) is 2.58. The summed E-state index contributed by atoms with van der Waals surface area (Å²) in [6.07, 6.45) is 3.68. The molecule has 1 fully saturated rings. The molecule has 9 heteroatoms. The summed E-state index contributed by atoms with van der Waals surface area (Å²) in [5.41, 5.74) is 0.646. The number of nitrogens with one attached hydrogen (secondary N) is 2. The lowest BCUT2D eigenvalue weighted by molar-refractivity contribution is 0.0754. The summed E-state index contributed by atoms with van der Waals surface area (Å²) in [6.45, 7) is 2.79. The summed E-state index contributed by atoms with van der Waals surface area (Å²) in [5, 5.41) is 6.52. The van der Waals surface area contributed by atoms with Gasteiger partial charge in [-0.15, -0.1) is 12.4 Å². The molecule has 0 unspecified atom stereocenters. The van der Waals surface area contributed by atoms with E-state index in [2.05, 4.69) is 20.6 Å². The third kappa shape index (κ3) is 4.91. The van der Waals surface area contributed by atoms with Crippen molar-refractivity contribution in [2.45, 2.75) is 6.42 Å². The lowest BCUT2D eigenvalue weighted by atomic mass is 10.2. The topological polar surface area (TPSA) is 87.2 Å². The van der Waals surface area contributed by atoms with Gasteiger partial charge < -0.3 is 15.5 Å². The summed E-state index contributed by atoms with van der Waals surface area (Å²) >= 11 is 5.84. The zero-order chi connectivity index (χ0) is 17.6. The van der Waals surface area contributed by atoms with E-state index in [1.807, 2.05) is 0 Å². The third-order valence-electron chi connectivity index (χ3n) is 3.85. The normalized spacial score (nSPS) is 14.1. The minimum absolute atomic E-state index is 0. The van der Waals surface area contributed by atoms with E-state index >= 15 is 0 Å². The SMILES string of the molecule is Cl.O=C(Nc1ccc(Cl)cc1)c1nccnc1C(=O)N1CCCNCC1. The number of aromatic nitrogens is 2. The van der Waals surface area contributed by atoms with Gasteiger partial charge in [0.2, 0.25) is 0 Å². The number of anilines is 1. The highest BCUT2D eigenvalue weighted by molar-refractivity contribution is 6.30. The average Bonchev–Trinajstić information content (AvgIpc) is 2.92. The Hall–Kier alpha value is -2.22. The lowest BCUT2D eigenvalue weighted by Gasteiger charge is -2.20. The molecule has 1 aliphatic heterocycles. The van der Waals surface area contributed by atoms with Gasteiger partial charge in [0.15, 0.2) is 11.4 Å². The van der Waals surface area contributed by atoms with Crippen molar-refractivity contribution in [3.05, 3.63) is 53.1 Å². The van der Waals surface area contributed by atoms with Crippen LogP contribution in [0.25, 0.3) is 0 Å². The van der Waals surface area contributed by atoms with Crippen LogP contribution in [0.4, 0.5) is 5.69 Å². The lowest BCUT2D eigenvalue weighted by Crippen LogP contribution is -2.36. The minimum Gasteiger partial charge on any atom is -0.336 e. The smallest absolute Gasteiger partial charge is 0.276 e. The van der Waals surface area contributed by atoms with Crippen LogP contribution in [0.5, 0.6) is 0 Å². The summed E-state index contributed by atoms with van der Waals surface area (Å²) in [4.78, 5) is 35.2. The maximum Gasteiger partial charge on any atom is 0.276 e. The highest BCUT2D eigenvalue weighted by atomic mass is 35.5. The molecule has 3 rings (SSSR count). The molecule has 0 radical (unpaired) electrons. The van der Waals surface area contributed by atoms with Crippen molar-refractivity contribution in [2.75, 3.05) is 31.5 Å². The average molecular weight is 396 g/mol. The van der Waals surface area contributed by atoms with E-state index in [9.17, 15) is 9.59 Å². The molecule has 138 valence electrons. The molecule has 2 heterocycles. The van der Waals surface area contributed by atoms with Crippen LogP contribution in [-0.4, -0.2) is 52.9 Å². The number of halogens is 2. The number of rotatable bonds is 3. The molecule has 0 bridgehead atoms. The van der Waals surface area contributed by atoms with Crippen molar-refractivity contribution in [3.8, 4) is 0 Å². The quantitative estimate of drug-likeness (QED) is 0.831. The fourth-order valence-corrected chi connectivity index (χ4v) is 2.71. The molecule has 2 N–H and O–H groups in total. The second-order valence-corrected chi connectivity index (χ2v) is 6.05. The molecule has 1 saturated heterocycles. The molecule has 0 saturated carbocycles. The van der Waals surface area contributed by atoms with Crippen molar-refractivity contribution in [3.63, 3.8) is 0 Å². The van der Waals surface area contributed by atoms with Crippen LogP contribution in [0.2, 0.25) is 5.02 Å². The first-order valence-corrected chi connectivity index (χ1v) is 8.41. The van der Waals surface area contributed by atoms with E-state index in [0.29, 0.717) is 23.8 Å². The number of nitrogens with zero attached hydrogens (tertiary/aromatic N) is 3. The zero-order valence-corrected chi connectivity index (χ0v) is 15.5. The molecular weight excluding hydrogens is 377 g/mol. The number of amides is 2. The Morgan fingerprint density at radius 2 is 1.73 bits per heavy atom. The van der Waals surface area contributed by atoms with Gasteiger partial charge >= 0.3 is 0 Å². The van der Waals surface area contributed by atoms with Crippen molar-refractivity contribution < 1.29 is 9.59 Å². The van der Waals surface area contributed by atoms with Gasteiger partial charge in [-0.05, 0) is 37.2 Å². The molecule has 2 aromatic rings. The van der Waals surface area contributed by atoms with E-state index in [0.717, 1.165) is 19.5 Å². The monoisotopic (exact) mass is 395 g/mol. The summed E-state index contributed by atoms with van der Waals surface area (Å²) in [5.74, 6) is -0.759. The molecule has 7 nitrogen and oxygen atoms in total. The first kappa shape index (κ1) is 20.1. The number of hydrogen-bond donors (Lipinski definition) is 2. The van der Waals surface area contributed by atoms with Crippen LogP contribution < -0.4 is 10.6 Å². The van der Waals surface area contributed by atoms with Crippen molar-refractivity contribution in [2.24, 2.45) is 0 Å². The van der Waals surface area contributed by atoms with E-state index in [1.165, 1.54) is 12.4 Å². The molecule has 26 heavy (non-hydrogen) atoms. The van der Waals surface area contributed by atoms with Gasteiger partial charge in [0, 0.05) is 42.7 Å². The minimum atomic E-state index is -0.480. The number of hydrogen-bond acceptors (Lipinski definition) is 5. The summed E-state index contributed by atoms with van der Waals surface area (Å²) in [6, 6.07) is 6.70. The number of benzene rings is 1. The largest absolute Gasteiger partial charge is 0.336 e. The zero-order valence-electron chi connectivity index (χ0n) is 13.9. The van der Waals surface area contributed by atoms with Crippen LogP contribution in [-0.2, 0) is 0 Å². The first-order valence-electron chi connectivity index (χ1n) is 8.03. The Morgan fingerprint density at radius 1 is 1.04 bits per heavy atom.